The summed E-state index contributed by atoms with van der Waals surface area (Å²) in [7, 11) is 0. The molecule has 2 rings (SSSR count). The van der Waals surface area contributed by atoms with Crippen LogP contribution in [0.15, 0.2) is 54.6 Å². The van der Waals surface area contributed by atoms with Gasteiger partial charge in [-0.3, -0.25) is 4.79 Å². The van der Waals surface area contributed by atoms with E-state index in [0.717, 1.165) is 16.7 Å². The fourth-order valence-electron chi connectivity index (χ4n) is 1.92. The van der Waals surface area contributed by atoms with E-state index in [4.69, 9.17) is 0 Å². The molecule has 0 aliphatic rings. The third-order valence-corrected chi connectivity index (χ3v) is 2.88. The van der Waals surface area contributed by atoms with E-state index in [1.807, 2.05) is 54.6 Å². The largest absolute Gasteiger partial charge is 0.388 e. The van der Waals surface area contributed by atoms with E-state index in [1.54, 1.807) is 0 Å². The molecule has 2 heteroatoms. The maximum absolute atomic E-state index is 11.0. The Bertz CT molecular complexity index is 515. The molecule has 0 aromatic heterocycles. The second-order valence-corrected chi connectivity index (χ2v) is 4.41. The standard InChI is InChI=1S/C16H16O2/c1-12(17)11-16(18)15-9-7-14(8-10-15)13-5-3-2-4-6-13/h2-10,16,18H,11H2,1H3. The van der Waals surface area contributed by atoms with Crippen LogP contribution < -0.4 is 0 Å². The zero-order valence-corrected chi connectivity index (χ0v) is 10.3. The van der Waals surface area contributed by atoms with Gasteiger partial charge in [0, 0.05) is 6.42 Å². The first-order chi connectivity index (χ1) is 8.66. The molecular weight excluding hydrogens is 224 g/mol. The maximum Gasteiger partial charge on any atom is 0.132 e. The van der Waals surface area contributed by atoms with Crippen LogP contribution in [0.4, 0.5) is 0 Å². The smallest absolute Gasteiger partial charge is 0.132 e. The summed E-state index contributed by atoms with van der Waals surface area (Å²) in [5, 5.41) is 9.83. The van der Waals surface area contributed by atoms with Crippen molar-refractivity contribution in [3.05, 3.63) is 60.2 Å². The molecule has 0 amide bonds. The number of hydrogen-bond donors (Lipinski definition) is 1. The lowest BCUT2D eigenvalue weighted by Gasteiger charge is -2.10. The minimum atomic E-state index is -0.702. The van der Waals surface area contributed by atoms with E-state index >= 15 is 0 Å². The molecule has 1 N–H and O–H groups in total. The second kappa shape index (κ2) is 5.61. The molecular formula is C16H16O2. The zero-order valence-electron chi connectivity index (χ0n) is 10.3. The average Bonchev–Trinajstić information content (AvgIpc) is 2.39. The highest BCUT2D eigenvalue weighted by atomic mass is 16.3. The van der Waals surface area contributed by atoms with E-state index in [0.29, 0.717) is 0 Å². The Morgan fingerprint density at radius 1 is 1.00 bits per heavy atom. The minimum Gasteiger partial charge on any atom is -0.388 e. The van der Waals surface area contributed by atoms with Gasteiger partial charge in [0.25, 0.3) is 0 Å². The van der Waals surface area contributed by atoms with Gasteiger partial charge in [-0.15, -0.1) is 0 Å². The summed E-state index contributed by atoms with van der Waals surface area (Å²) in [5.74, 6) is -0.00497. The molecule has 0 aliphatic carbocycles. The number of hydrogen-bond acceptors (Lipinski definition) is 2. The molecule has 2 aromatic carbocycles. The van der Waals surface area contributed by atoms with E-state index in [2.05, 4.69) is 0 Å². The molecule has 0 heterocycles. The average molecular weight is 240 g/mol. The first-order valence-corrected chi connectivity index (χ1v) is 5.99. The van der Waals surface area contributed by atoms with Gasteiger partial charge in [0.05, 0.1) is 6.10 Å². The Morgan fingerprint density at radius 2 is 1.56 bits per heavy atom. The third kappa shape index (κ3) is 3.05. The lowest BCUT2D eigenvalue weighted by atomic mass is 10.00. The number of ketones is 1. The van der Waals surface area contributed by atoms with Gasteiger partial charge in [-0.25, -0.2) is 0 Å². The topological polar surface area (TPSA) is 37.3 Å². The highest BCUT2D eigenvalue weighted by Crippen LogP contribution is 2.23. The monoisotopic (exact) mass is 240 g/mol. The summed E-state index contributed by atoms with van der Waals surface area (Å²) >= 11 is 0. The second-order valence-electron chi connectivity index (χ2n) is 4.41. The number of benzene rings is 2. The Kier molecular flexibility index (Phi) is 3.90. The van der Waals surface area contributed by atoms with Crippen LogP contribution in [-0.4, -0.2) is 10.9 Å². The predicted octanol–water partition coefficient (Wildman–Crippen LogP) is 3.37. The lowest BCUT2D eigenvalue weighted by Crippen LogP contribution is -2.02. The summed E-state index contributed by atoms with van der Waals surface area (Å²) in [5.41, 5.74) is 3.03. The van der Waals surface area contributed by atoms with Crippen molar-refractivity contribution >= 4 is 5.78 Å². The van der Waals surface area contributed by atoms with Crippen LogP contribution in [-0.2, 0) is 4.79 Å². The summed E-state index contributed by atoms with van der Waals surface area (Å²) in [6, 6.07) is 17.7. The molecule has 0 saturated carbocycles. The summed E-state index contributed by atoms with van der Waals surface area (Å²) in [4.78, 5) is 11.0. The fourth-order valence-corrected chi connectivity index (χ4v) is 1.92. The molecule has 0 saturated heterocycles. The molecule has 18 heavy (non-hydrogen) atoms. The SMILES string of the molecule is CC(=O)CC(O)c1ccc(-c2ccccc2)cc1. The van der Waals surface area contributed by atoms with Crippen molar-refractivity contribution in [1.82, 2.24) is 0 Å². The van der Waals surface area contributed by atoms with Crippen molar-refractivity contribution in [2.24, 2.45) is 0 Å². The molecule has 1 unspecified atom stereocenters. The highest BCUT2D eigenvalue weighted by molar-refractivity contribution is 5.76. The summed E-state index contributed by atoms with van der Waals surface area (Å²) in [6.07, 6.45) is -0.530. The third-order valence-electron chi connectivity index (χ3n) is 2.88. The summed E-state index contributed by atoms with van der Waals surface area (Å²) < 4.78 is 0. The van der Waals surface area contributed by atoms with Crippen LogP contribution in [0, 0.1) is 0 Å². The number of carbonyl (C=O) groups excluding carboxylic acids is 1. The van der Waals surface area contributed by atoms with E-state index in [-0.39, 0.29) is 12.2 Å². The Labute approximate surface area is 107 Å². The molecule has 0 aliphatic heterocycles. The Balaban J connectivity index is 2.18. The van der Waals surface area contributed by atoms with Crippen molar-refractivity contribution in [3.8, 4) is 11.1 Å². The van der Waals surface area contributed by atoms with Gasteiger partial charge in [-0.2, -0.15) is 0 Å². The van der Waals surface area contributed by atoms with Crippen molar-refractivity contribution in [2.45, 2.75) is 19.4 Å². The van der Waals surface area contributed by atoms with Crippen LogP contribution in [0.25, 0.3) is 11.1 Å². The van der Waals surface area contributed by atoms with E-state index in [1.165, 1.54) is 6.92 Å². The molecule has 1 atom stereocenters. The van der Waals surface area contributed by atoms with Gasteiger partial charge in [0.2, 0.25) is 0 Å². The molecule has 0 fully saturated rings. The molecule has 2 aromatic rings. The zero-order chi connectivity index (χ0) is 13.0. The van der Waals surface area contributed by atoms with Crippen LogP contribution >= 0.6 is 0 Å². The van der Waals surface area contributed by atoms with Gasteiger partial charge < -0.3 is 5.11 Å². The quantitative estimate of drug-likeness (QED) is 0.889. The number of aliphatic hydroxyl groups is 1. The number of rotatable bonds is 4. The van der Waals surface area contributed by atoms with Crippen molar-refractivity contribution in [2.75, 3.05) is 0 Å². The van der Waals surface area contributed by atoms with Crippen molar-refractivity contribution in [1.29, 1.82) is 0 Å². The maximum atomic E-state index is 11.0. The normalized spacial score (nSPS) is 12.1. The van der Waals surface area contributed by atoms with Crippen LogP contribution in [0.1, 0.15) is 25.0 Å². The van der Waals surface area contributed by atoms with Gasteiger partial charge in [-0.05, 0) is 23.6 Å². The number of Topliss-reactive ketones (excluding diaryl/α,β-unsaturated/α-hetero) is 1. The number of carbonyl (C=O) groups is 1. The predicted molar refractivity (Wildman–Crippen MR) is 72.1 cm³/mol. The van der Waals surface area contributed by atoms with Gasteiger partial charge in [-0.1, -0.05) is 54.6 Å². The first-order valence-electron chi connectivity index (χ1n) is 5.99. The van der Waals surface area contributed by atoms with Gasteiger partial charge >= 0.3 is 0 Å². The van der Waals surface area contributed by atoms with Gasteiger partial charge in [0.15, 0.2) is 0 Å². The van der Waals surface area contributed by atoms with Crippen LogP contribution in [0.2, 0.25) is 0 Å². The fraction of sp³-hybridized carbons (Fsp3) is 0.188. The van der Waals surface area contributed by atoms with Crippen LogP contribution in [0.3, 0.4) is 0 Å². The van der Waals surface area contributed by atoms with Gasteiger partial charge in [0.1, 0.15) is 5.78 Å². The van der Waals surface area contributed by atoms with Crippen LogP contribution in [0.5, 0.6) is 0 Å². The molecule has 0 spiro atoms. The molecule has 0 radical (unpaired) electrons. The van der Waals surface area contributed by atoms with E-state index < -0.39 is 6.10 Å². The van der Waals surface area contributed by atoms with Crippen molar-refractivity contribution in [3.63, 3.8) is 0 Å². The molecule has 92 valence electrons. The van der Waals surface area contributed by atoms with Crippen molar-refractivity contribution < 1.29 is 9.90 Å². The Hall–Kier alpha value is -1.93. The number of aliphatic hydroxyl groups excluding tert-OH is 1. The Morgan fingerprint density at radius 3 is 2.11 bits per heavy atom. The minimum absolute atomic E-state index is 0.00497. The molecule has 0 bridgehead atoms. The first kappa shape index (κ1) is 12.5. The highest BCUT2D eigenvalue weighted by Gasteiger charge is 2.09. The lowest BCUT2D eigenvalue weighted by molar-refractivity contribution is -0.118. The van der Waals surface area contributed by atoms with E-state index in [9.17, 15) is 9.90 Å². The summed E-state index contributed by atoms with van der Waals surface area (Å²) in [6.45, 7) is 1.49. The molecule has 2 nitrogen and oxygen atoms in total.